The predicted molar refractivity (Wildman–Crippen MR) is 126 cm³/mol. The molecule has 1 unspecified atom stereocenters. The Kier molecular flexibility index (Phi) is 6.84. The molecule has 2 aliphatic rings. The smallest absolute Gasteiger partial charge is 0.306 e. The molecule has 3 aromatic heterocycles. The van der Waals surface area contributed by atoms with Crippen LogP contribution >= 0.6 is 0 Å². The highest BCUT2D eigenvalue weighted by molar-refractivity contribution is 5.70. The lowest BCUT2D eigenvalue weighted by molar-refractivity contribution is -0.143. The number of nitrogens with zero attached hydrogens (tertiary/aromatic N) is 6. The van der Waals surface area contributed by atoms with Gasteiger partial charge in [-0.25, -0.2) is 9.67 Å². The van der Waals surface area contributed by atoms with E-state index in [1.165, 1.54) is 0 Å². The Hall–Kier alpha value is -3.57. The first-order valence-electron chi connectivity index (χ1n) is 12.3. The molecule has 0 aliphatic heterocycles. The molecular formula is C24H30FN7O4. The monoisotopic (exact) mass is 499 g/mol. The zero-order valence-corrected chi connectivity index (χ0v) is 20.4. The van der Waals surface area contributed by atoms with E-state index < -0.39 is 5.97 Å². The van der Waals surface area contributed by atoms with Crippen molar-refractivity contribution in [2.45, 2.75) is 64.0 Å². The summed E-state index contributed by atoms with van der Waals surface area (Å²) in [5, 5.41) is 24.9. The van der Waals surface area contributed by atoms with Gasteiger partial charge < -0.3 is 19.7 Å². The number of rotatable bonds is 9. The second-order valence-corrected chi connectivity index (χ2v) is 9.73. The summed E-state index contributed by atoms with van der Waals surface area (Å²) in [6, 6.07) is 3.68. The summed E-state index contributed by atoms with van der Waals surface area (Å²) in [4.78, 5) is 20.4. The van der Waals surface area contributed by atoms with Gasteiger partial charge in [-0.15, -0.1) is 5.10 Å². The summed E-state index contributed by atoms with van der Waals surface area (Å²) < 4.78 is 25.8. The summed E-state index contributed by atoms with van der Waals surface area (Å²) >= 11 is 0. The van der Waals surface area contributed by atoms with Gasteiger partial charge >= 0.3 is 5.97 Å². The van der Waals surface area contributed by atoms with Crippen LogP contribution in [0.25, 0.3) is 11.4 Å². The number of alkyl halides is 1. The van der Waals surface area contributed by atoms with Gasteiger partial charge in [0.25, 0.3) is 5.95 Å². The zero-order chi connectivity index (χ0) is 25.2. The van der Waals surface area contributed by atoms with Gasteiger partial charge in [0.15, 0.2) is 0 Å². The van der Waals surface area contributed by atoms with Crippen molar-refractivity contribution >= 4 is 11.9 Å². The third kappa shape index (κ3) is 5.02. The Morgan fingerprint density at radius 3 is 2.86 bits per heavy atom. The van der Waals surface area contributed by atoms with Gasteiger partial charge in [0.1, 0.15) is 11.4 Å². The quantitative estimate of drug-likeness (QED) is 0.448. The Balaban J connectivity index is 1.24. The van der Waals surface area contributed by atoms with E-state index >= 15 is 0 Å². The van der Waals surface area contributed by atoms with E-state index in [1.54, 1.807) is 11.7 Å². The van der Waals surface area contributed by atoms with Crippen LogP contribution in [0.4, 0.5) is 10.3 Å². The number of aliphatic carboxylic acids is 1. The van der Waals surface area contributed by atoms with Crippen LogP contribution in [0.15, 0.2) is 16.7 Å². The molecule has 0 spiro atoms. The maximum absolute atomic E-state index is 12.7. The van der Waals surface area contributed by atoms with Gasteiger partial charge in [0.05, 0.1) is 42.3 Å². The average Bonchev–Trinajstić information content (AvgIpc) is 3.45. The molecule has 2 N–H and O–H groups in total. The first-order chi connectivity index (χ1) is 17.4. The minimum atomic E-state index is -0.761. The maximum Gasteiger partial charge on any atom is 0.306 e. The van der Waals surface area contributed by atoms with Crippen molar-refractivity contribution in [2.24, 2.45) is 18.9 Å². The number of pyridine rings is 1. The standard InChI is InChI=1S/C24H30FN7O4/c1-13-20(35-17-5-3-4-15(10-17)23(33)34)7-6-18(27-13)21-19(32(2)31-29-21)12-26-24-28-22(36-30-24)16-8-14(9-16)11-25/h6-7,14-17H,3-5,8-12H2,1-2H3,(H,26,30)(H,33,34)/t14?,15-,16?,17?/m0/s1. The highest BCUT2D eigenvalue weighted by Crippen LogP contribution is 2.41. The molecule has 3 heterocycles. The van der Waals surface area contributed by atoms with E-state index in [0.717, 1.165) is 31.4 Å². The molecule has 12 heteroatoms. The lowest BCUT2D eigenvalue weighted by Crippen LogP contribution is -2.29. The lowest BCUT2D eigenvalue weighted by atomic mass is 9.75. The highest BCUT2D eigenvalue weighted by Gasteiger charge is 2.34. The summed E-state index contributed by atoms with van der Waals surface area (Å²) in [6.45, 7) is 1.91. The van der Waals surface area contributed by atoms with Crippen LogP contribution < -0.4 is 10.1 Å². The third-order valence-electron chi connectivity index (χ3n) is 7.15. The molecule has 5 rings (SSSR count). The largest absolute Gasteiger partial charge is 0.489 e. The minimum Gasteiger partial charge on any atom is -0.489 e. The molecule has 0 bridgehead atoms. The first kappa shape index (κ1) is 24.1. The van der Waals surface area contributed by atoms with Crippen LogP contribution in [-0.2, 0) is 18.4 Å². The number of hydrogen-bond acceptors (Lipinski definition) is 9. The van der Waals surface area contributed by atoms with Crippen molar-refractivity contribution in [1.82, 2.24) is 30.1 Å². The number of hydrogen-bond donors (Lipinski definition) is 2. The highest BCUT2D eigenvalue weighted by atomic mass is 19.1. The summed E-state index contributed by atoms with van der Waals surface area (Å²) in [5.74, 6) is 0.637. The van der Waals surface area contributed by atoms with E-state index in [2.05, 4.69) is 30.8 Å². The van der Waals surface area contributed by atoms with Crippen LogP contribution in [0, 0.1) is 18.8 Å². The van der Waals surface area contributed by atoms with E-state index in [9.17, 15) is 14.3 Å². The molecule has 0 aromatic carbocycles. The first-order valence-corrected chi connectivity index (χ1v) is 12.3. The molecule has 36 heavy (non-hydrogen) atoms. The number of carboxylic acids is 1. The third-order valence-corrected chi connectivity index (χ3v) is 7.15. The van der Waals surface area contributed by atoms with Gasteiger partial charge in [-0.3, -0.25) is 9.18 Å². The Morgan fingerprint density at radius 2 is 2.11 bits per heavy atom. The van der Waals surface area contributed by atoms with E-state index in [0.29, 0.717) is 54.1 Å². The topological polar surface area (TPSA) is 141 Å². The summed E-state index contributed by atoms with van der Waals surface area (Å²) in [6.07, 6.45) is 4.21. The fourth-order valence-electron chi connectivity index (χ4n) is 4.93. The number of carbonyl (C=O) groups is 1. The summed E-state index contributed by atoms with van der Waals surface area (Å²) in [5.41, 5.74) is 2.76. The van der Waals surface area contributed by atoms with E-state index in [1.807, 2.05) is 19.1 Å². The Morgan fingerprint density at radius 1 is 1.28 bits per heavy atom. The number of nitrogens with one attached hydrogen (secondary N) is 1. The van der Waals surface area contributed by atoms with Crippen LogP contribution in [0.1, 0.15) is 61.7 Å². The maximum atomic E-state index is 12.7. The van der Waals surface area contributed by atoms with Crippen LogP contribution in [0.3, 0.4) is 0 Å². The van der Waals surface area contributed by atoms with E-state index in [4.69, 9.17) is 9.26 Å². The molecular weight excluding hydrogens is 469 g/mol. The van der Waals surface area contributed by atoms with Crippen molar-refractivity contribution in [3.05, 3.63) is 29.4 Å². The molecule has 192 valence electrons. The van der Waals surface area contributed by atoms with Gasteiger partial charge in [-0.2, -0.15) is 4.98 Å². The van der Waals surface area contributed by atoms with Crippen molar-refractivity contribution < 1.29 is 23.6 Å². The van der Waals surface area contributed by atoms with Gasteiger partial charge in [0.2, 0.25) is 5.89 Å². The molecule has 2 saturated carbocycles. The van der Waals surface area contributed by atoms with Gasteiger partial charge in [-0.1, -0.05) is 5.21 Å². The fourth-order valence-corrected chi connectivity index (χ4v) is 4.93. The molecule has 3 aromatic rings. The number of aryl methyl sites for hydroxylation is 2. The Labute approximate surface area is 207 Å². The molecule has 0 radical (unpaired) electrons. The van der Waals surface area contributed by atoms with Crippen LogP contribution in [-0.4, -0.2) is 54.0 Å². The molecule has 2 atom stereocenters. The Bertz CT molecular complexity index is 1220. The fraction of sp³-hybridized carbons (Fsp3) is 0.583. The molecule has 0 saturated heterocycles. The normalized spacial score (nSPS) is 23.8. The SMILES string of the molecule is Cc1nc(-c2nnn(C)c2CNc2noc(C3CC(CF)C3)n2)ccc1OC1CCC[C@H](C(=O)O)C1. The molecule has 2 fully saturated rings. The van der Waals surface area contributed by atoms with Crippen molar-refractivity contribution in [2.75, 3.05) is 12.0 Å². The van der Waals surface area contributed by atoms with Gasteiger partial charge in [0, 0.05) is 13.0 Å². The number of carboxylic acid groups (broad SMARTS) is 1. The molecule has 11 nitrogen and oxygen atoms in total. The molecule has 0 amide bonds. The number of anilines is 1. The van der Waals surface area contributed by atoms with Crippen molar-refractivity contribution in [3.63, 3.8) is 0 Å². The van der Waals surface area contributed by atoms with E-state index in [-0.39, 0.29) is 30.5 Å². The van der Waals surface area contributed by atoms with Gasteiger partial charge in [-0.05, 0) is 68.7 Å². The van der Waals surface area contributed by atoms with Crippen molar-refractivity contribution in [1.29, 1.82) is 0 Å². The molecule has 2 aliphatic carbocycles. The second-order valence-electron chi connectivity index (χ2n) is 9.73. The minimum absolute atomic E-state index is 0.0958. The lowest BCUT2D eigenvalue weighted by Gasteiger charge is -2.30. The number of halogens is 1. The predicted octanol–water partition coefficient (Wildman–Crippen LogP) is 3.67. The number of ether oxygens (including phenoxy) is 1. The second kappa shape index (κ2) is 10.2. The number of aromatic nitrogens is 6. The zero-order valence-electron chi connectivity index (χ0n) is 20.4. The van der Waals surface area contributed by atoms with Crippen LogP contribution in [0.5, 0.6) is 5.75 Å². The van der Waals surface area contributed by atoms with Crippen molar-refractivity contribution in [3.8, 4) is 17.1 Å². The average molecular weight is 500 g/mol. The van der Waals surface area contributed by atoms with Crippen LogP contribution in [0.2, 0.25) is 0 Å². The summed E-state index contributed by atoms with van der Waals surface area (Å²) in [7, 11) is 1.80.